The Bertz CT molecular complexity index is 1260. The molecule has 8 nitrogen and oxygen atoms in total. The second-order valence-corrected chi connectivity index (χ2v) is 9.16. The third-order valence-corrected chi connectivity index (χ3v) is 7.06. The normalized spacial score (nSPS) is 23.1. The van der Waals surface area contributed by atoms with E-state index in [1.165, 1.54) is 6.07 Å². The number of halogens is 3. The number of carboxylic acids is 1. The zero-order valence-electron chi connectivity index (χ0n) is 16.5. The highest BCUT2D eigenvalue weighted by Crippen LogP contribution is 2.58. The summed E-state index contributed by atoms with van der Waals surface area (Å²) in [6.45, 7) is 1.64. The third kappa shape index (κ3) is 3.65. The standard InChI is InChI=1S/C20H17F3N4O4S/c1-12-17(13-5-3-2-4-6-13)19(12,18(28)29)26-32(30,31)15-7-8-16(24-10-15)27-11-14(9-25-27)20(21,22)23/h2-12,17,26H,1H3,(H,28,29)/t12?,17-,19-/m0/s1. The van der Waals surface area contributed by atoms with Gasteiger partial charge >= 0.3 is 12.1 Å². The molecule has 0 saturated heterocycles. The predicted molar refractivity (Wildman–Crippen MR) is 105 cm³/mol. The Hall–Kier alpha value is -3.25. The van der Waals surface area contributed by atoms with Gasteiger partial charge in [-0.3, -0.25) is 4.79 Å². The van der Waals surface area contributed by atoms with Crippen molar-refractivity contribution in [1.82, 2.24) is 19.5 Å². The van der Waals surface area contributed by atoms with Crippen molar-refractivity contribution in [2.24, 2.45) is 5.92 Å². The fourth-order valence-corrected chi connectivity index (χ4v) is 5.24. The fraction of sp³-hybridized carbons (Fsp3) is 0.250. The van der Waals surface area contributed by atoms with E-state index in [4.69, 9.17) is 0 Å². The maximum atomic E-state index is 12.9. The monoisotopic (exact) mass is 466 g/mol. The van der Waals surface area contributed by atoms with Crippen molar-refractivity contribution in [2.75, 3.05) is 0 Å². The Kier molecular flexibility index (Phi) is 5.09. The molecule has 1 aliphatic rings. The van der Waals surface area contributed by atoms with Gasteiger partial charge in [-0.15, -0.1) is 0 Å². The molecule has 0 aliphatic heterocycles. The Morgan fingerprint density at radius 1 is 1.16 bits per heavy atom. The van der Waals surface area contributed by atoms with Crippen molar-refractivity contribution in [1.29, 1.82) is 0 Å². The molecule has 0 spiro atoms. The molecule has 2 N–H and O–H groups in total. The van der Waals surface area contributed by atoms with Gasteiger partial charge in [0.05, 0.1) is 11.8 Å². The molecule has 1 fully saturated rings. The van der Waals surface area contributed by atoms with Gasteiger partial charge in [-0.1, -0.05) is 37.3 Å². The van der Waals surface area contributed by atoms with Crippen molar-refractivity contribution in [3.05, 3.63) is 72.2 Å². The average molecular weight is 466 g/mol. The molecule has 3 aromatic rings. The number of rotatable bonds is 6. The molecule has 0 radical (unpaired) electrons. The maximum absolute atomic E-state index is 12.9. The second kappa shape index (κ2) is 7.41. The SMILES string of the molecule is CC1[C@@H](c2ccccc2)[C@]1(NS(=O)(=O)c1ccc(-n2cc(C(F)(F)F)cn2)nc1)C(=O)O. The van der Waals surface area contributed by atoms with E-state index in [1.807, 2.05) is 0 Å². The first-order valence-corrected chi connectivity index (χ1v) is 10.9. The third-order valence-electron chi connectivity index (χ3n) is 5.59. The molecule has 1 saturated carbocycles. The summed E-state index contributed by atoms with van der Waals surface area (Å²) in [5.41, 5.74) is -2.00. The smallest absolute Gasteiger partial charge is 0.419 e. The lowest BCUT2D eigenvalue weighted by Crippen LogP contribution is -2.45. The molecule has 12 heteroatoms. The van der Waals surface area contributed by atoms with Gasteiger partial charge in [0.15, 0.2) is 5.82 Å². The van der Waals surface area contributed by atoms with Crippen LogP contribution in [0.25, 0.3) is 5.82 Å². The molecule has 4 rings (SSSR count). The van der Waals surface area contributed by atoms with Crippen LogP contribution in [0, 0.1) is 5.92 Å². The molecule has 1 aromatic carbocycles. The van der Waals surface area contributed by atoms with Crippen LogP contribution in [-0.4, -0.2) is 39.8 Å². The zero-order chi connectivity index (χ0) is 23.3. The number of pyridine rings is 1. The molecule has 2 aromatic heterocycles. The fourth-order valence-electron chi connectivity index (χ4n) is 3.84. The molecule has 32 heavy (non-hydrogen) atoms. The Labute approximate surface area is 180 Å². The largest absolute Gasteiger partial charge is 0.480 e. The summed E-state index contributed by atoms with van der Waals surface area (Å²) in [4.78, 5) is 15.6. The lowest BCUT2D eigenvalue weighted by molar-refractivity contribution is -0.140. The molecule has 2 heterocycles. The van der Waals surface area contributed by atoms with Crippen LogP contribution < -0.4 is 4.72 Å². The second-order valence-electron chi connectivity index (χ2n) is 7.48. The molecule has 168 valence electrons. The van der Waals surface area contributed by atoms with Gasteiger partial charge in [-0.25, -0.2) is 18.1 Å². The van der Waals surface area contributed by atoms with Crippen molar-refractivity contribution in [2.45, 2.75) is 29.5 Å². The highest BCUT2D eigenvalue weighted by atomic mass is 32.2. The van der Waals surface area contributed by atoms with Crippen LogP contribution in [0.5, 0.6) is 0 Å². The molecular formula is C20H17F3N4O4S. The minimum atomic E-state index is -4.58. The number of carboxylic acid groups (broad SMARTS) is 1. The van der Waals surface area contributed by atoms with Crippen molar-refractivity contribution in [3.63, 3.8) is 0 Å². The summed E-state index contributed by atoms with van der Waals surface area (Å²) in [6.07, 6.45) is -2.28. The van der Waals surface area contributed by atoms with Crippen molar-refractivity contribution < 1.29 is 31.5 Å². The van der Waals surface area contributed by atoms with Crippen LogP contribution in [0.3, 0.4) is 0 Å². The van der Waals surface area contributed by atoms with Crippen LogP contribution in [0.1, 0.15) is 24.0 Å². The molecular weight excluding hydrogens is 449 g/mol. The van der Waals surface area contributed by atoms with Crippen LogP contribution in [0.2, 0.25) is 0 Å². The number of hydrogen-bond donors (Lipinski definition) is 2. The van der Waals surface area contributed by atoms with Crippen molar-refractivity contribution in [3.8, 4) is 5.82 Å². The highest BCUT2D eigenvalue weighted by Gasteiger charge is 2.70. The minimum Gasteiger partial charge on any atom is -0.480 e. The minimum absolute atomic E-state index is 0.0330. The summed E-state index contributed by atoms with van der Waals surface area (Å²) in [5.74, 6) is -2.40. The van der Waals surface area contributed by atoms with E-state index in [0.717, 1.165) is 23.1 Å². The van der Waals surface area contributed by atoms with Crippen LogP contribution >= 0.6 is 0 Å². The Morgan fingerprint density at radius 3 is 2.38 bits per heavy atom. The van der Waals surface area contributed by atoms with E-state index in [9.17, 15) is 31.5 Å². The van der Waals surface area contributed by atoms with E-state index >= 15 is 0 Å². The summed E-state index contributed by atoms with van der Waals surface area (Å²) in [7, 11) is -4.29. The van der Waals surface area contributed by atoms with Gasteiger partial charge in [0, 0.05) is 18.3 Å². The summed E-state index contributed by atoms with van der Waals surface area (Å²) >= 11 is 0. The van der Waals surface area contributed by atoms with Gasteiger partial charge in [-0.05, 0) is 23.6 Å². The lowest BCUT2D eigenvalue weighted by Gasteiger charge is -2.16. The topological polar surface area (TPSA) is 114 Å². The van der Waals surface area contributed by atoms with Crippen LogP contribution in [0.15, 0.2) is 66.0 Å². The van der Waals surface area contributed by atoms with Gasteiger partial charge in [0.2, 0.25) is 10.0 Å². The van der Waals surface area contributed by atoms with E-state index in [2.05, 4.69) is 14.8 Å². The number of nitrogens with one attached hydrogen (secondary N) is 1. The van der Waals surface area contributed by atoms with Gasteiger partial charge in [0.25, 0.3) is 0 Å². The first kappa shape index (κ1) is 22.0. The number of carbonyl (C=O) groups is 1. The number of aromatic nitrogens is 3. The van der Waals surface area contributed by atoms with Crippen molar-refractivity contribution >= 4 is 16.0 Å². The van der Waals surface area contributed by atoms with E-state index in [1.54, 1.807) is 37.3 Å². The van der Waals surface area contributed by atoms with Gasteiger partial charge in [0.1, 0.15) is 10.4 Å². The molecule has 0 amide bonds. The highest BCUT2D eigenvalue weighted by molar-refractivity contribution is 7.89. The number of aliphatic carboxylic acids is 1. The molecule has 0 bridgehead atoms. The first-order chi connectivity index (χ1) is 15.0. The Balaban J connectivity index is 1.60. The number of nitrogens with zero attached hydrogens (tertiary/aromatic N) is 3. The van der Waals surface area contributed by atoms with Crippen LogP contribution in [-0.2, 0) is 21.0 Å². The van der Waals surface area contributed by atoms with Gasteiger partial charge in [-0.2, -0.15) is 23.0 Å². The quantitative estimate of drug-likeness (QED) is 0.578. The lowest BCUT2D eigenvalue weighted by atomic mass is 10.1. The van der Waals surface area contributed by atoms with Crippen LogP contribution in [0.4, 0.5) is 13.2 Å². The maximum Gasteiger partial charge on any atom is 0.419 e. The van der Waals surface area contributed by atoms with E-state index < -0.39 is 45.1 Å². The molecule has 3 atom stereocenters. The average Bonchev–Trinajstić information content (AvgIpc) is 3.09. The van der Waals surface area contributed by atoms with E-state index in [-0.39, 0.29) is 10.7 Å². The zero-order valence-corrected chi connectivity index (χ0v) is 17.3. The number of hydrogen-bond acceptors (Lipinski definition) is 5. The summed E-state index contributed by atoms with van der Waals surface area (Å²) < 4.78 is 67.2. The predicted octanol–water partition coefficient (Wildman–Crippen LogP) is 2.82. The number of benzene rings is 1. The summed E-state index contributed by atoms with van der Waals surface area (Å²) in [5, 5.41) is 13.4. The van der Waals surface area contributed by atoms with E-state index in [0.29, 0.717) is 11.8 Å². The first-order valence-electron chi connectivity index (χ1n) is 9.37. The number of alkyl halides is 3. The number of sulfonamides is 1. The van der Waals surface area contributed by atoms with Gasteiger partial charge < -0.3 is 5.11 Å². The Morgan fingerprint density at radius 2 is 1.84 bits per heavy atom. The molecule has 1 unspecified atom stereocenters. The molecule has 1 aliphatic carbocycles. The summed E-state index contributed by atoms with van der Waals surface area (Å²) in [6, 6.07) is 11.0.